The maximum Gasteiger partial charge on any atom is 0.256 e. The summed E-state index contributed by atoms with van der Waals surface area (Å²) in [6, 6.07) is 2.15. The van der Waals surface area contributed by atoms with E-state index in [0.717, 1.165) is 32.2 Å². The lowest BCUT2D eigenvalue weighted by Gasteiger charge is -2.24. The Kier molecular flexibility index (Phi) is 4.31. The topological polar surface area (TPSA) is 80.0 Å². The monoisotopic (exact) mass is 308 g/mol. The Bertz CT molecular complexity index is 590. The van der Waals surface area contributed by atoms with E-state index in [9.17, 15) is 0 Å². The van der Waals surface area contributed by atoms with Crippen molar-refractivity contribution in [2.45, 2.75) is 31.7 Å². The van der Waals surface area contributed by atoms with Crippen LogP contribution in [-0.4, -0.2) is 49.0 Å². The van der Waals surface area contributed by atoms with Crippen molar-refractivity contribution in [3.05, 3.63) is 23.7 Å². The summed E-state index contributed by atoms with van der Waals surface area (Å²) in [5.41, 5.74) is 0. The number of nitrogens with zero attached hydrogens (tertiary/aromatic N) is 6. The third-order valence-corrected chi connectivity index (χ3v) is 3.79. The normalized spacial score (nSPS) is 18.4. The van der Waals surface area contributed by atoms with Gasteiger partial charge in [-0.05, 0) is 43.4 Å². The van der Waals surface area contributed by atoms with E-state index in [-0.39, 0.29) is 11.9 Å². The van der Waals surface area contributed by atoms with Crippen molar-refractivity contribution >= 4 is 17.5 Å². The van der Waals surface area contributed by atoms with Crippen LogP contribution in [0.4, 0.5) is 5.95 Å². The number of aliphatic hydroxyl groups is 1. The molecule has 0 aromatic carbocycles. The zero-order chi connectivity index (χ0) is 14.7. The number of rotatable bonds is 5. The van der Waals surface area contributed by atoms with Gasteiger partial charge in [-0.1, -0.05) is 0 Å². The zero-order valence-corrected chi connectivity index (χ0v) is 12.3. The van der Waals surface area contributed by atoms with E-state index in [1.165, 1.54) is 0 Å². The molecule has 1 aliphatic rings. The van der Waals surface area contributed by atoms with Crippen molar-refractivity contribution in [1.82, 2.24) is 24.7 Å². The van der Waals surface area contributed by atoms with Gasteiger partial charge in [-0.3, -0.25) is 0 Å². The SMILES string of the molecule is OCCCC1CCCN1c1nc(Cl)nc(-n2cccn2)n1. The lowest BCUT2D eigenvalue weighted by molar-refractivity contribution is 0.279. The molecule has 2 aromatic heterocycles. The van der Waals surface area contributed by atoms with E-state index in [1.54, 1.807) is 23.1 Å². The predicted molar refractivity (Wildman–Crippen MR) is 78.6 cm³/mol. The van der Waals surface area contributed by atoms with Crippen LogP contribution < -0.4 is 4.90 Å². The fourth-order valence-corrected chi connectivity index (χ4v) is 2.82. The molecule has 1 fully saturated rings. The number of aromatic nitrogens is 5. The van der Waals surface area contributed by atoms with Crippen molar-refractivity contribution < 1.29 is 5.11 Å². The van der Waals surface area contributed by atoms with Gasteiger partial charge in [0, 0.05) is 31.6 Å². The van der Waals surface area contributed by atoms with Crippen LogP contribution >= 0.6 is 11.6 Å². The van der Waals surface area contributed by atoms with Crippen LogP contribution in [0.15, 0.2) is 18.5 Å². The molecule has 0 saturated carbocycles. The molecule has 0 amide bonds. The fraction of sp³-hybridized carbons (Fsp3) is 0.538. The van der Waals surface area contributed by atoms with Gasteiger partial charge < -0.3 is 10.0 Å². The third-order valence-electron chi connectivity index (χ3n) is 3.62. The Morgan fingerprint density at radius 1 is 1.29 bits per heavy atom. The molecule has 0 aliphatic carbocycles. The summed E-state index contributed by atoms with van der Waals surface area (Å²) in [5.74, 6) is 1.00. The smallest absolute Gasteiger partial charge is 0.256 e. The predicted octanol–water partition coefficient (Wildman–Crippen LogP) is 1.45. The van der Waals surface area contributed by atoms with Crippen LogP contribution in [-0.2, 0) is 0 Å². The van der Waals surface area contributed by atoms with E-state index in [2.05, 4.69) is 25.0 Å². The van der Waals surface area contributed by atoms with Gasteiger partial charge >= 0.3 is 0 Å². The molecule has 2 aromatic rings. The average Bonchev–Trinajstić information content (AvgIpc) is 3.15. The highest BCUT2D eigenvalue weighted by Crippen LogP contribution is 2.26. The number of aliphatic hydroxyl groups excluding tert-OH is 1. The first-order valence-electron chi connectivity index (χ1n) is 7.07. The first-order valence-corrected chi connectivity index (χ1v) is 7.45. The van der Waals surface area contributed by atoms with Crippen LogP contribution in [0, 0.1) is 0 Å². The molecule has 0 radical (unpaired) electrons. The lowest BCUT2D eigenvalue weighted by Crippen LogP contribution is -2.31. The average molecular weight is 309 g/mol. The van der Waals surface area contributed by atoms with Gasteiger partial charge in [0.05, 0.1) is 0 Å². The molecule has 3 rings (SSSR count). The van der Waals surface area contributed by atoms with Crippen LogP contribution in [0.1, 0.15) is 25.7 Å². The van der Waals surface area contributed by atoms with E-state index in [1.807, 2.05) is 0 Å². The molecular formula is C13H17ClN6O. The number of anilines is 1. The Hall–Kier alpha value is -1.73. The van der Waals surface area contributed by atoms with E-state index in [0.29, 0.717) is 17.9 Å². The molecule has 3 heterocycles. The van der Waals surface area contributed by atoms with Crippen LogP contribution in [0.3, 0.4) is 0 Å². The van der Waals surface area contributed by atoms with Gasteiger partial charge in [0.25, 0.3) is 5.95 Å². The Morgan fingerprint density at radius 3 is 2.90 bits per heavy atom. The van der Waals surface area contributed by atoms with Gasteiger partial charge in [0.15, 0.2) is 0 Å². The van der Waals surface area contributed by atoms with E-state index in [4.69, 9.17) is 16.7 Å². The molecule has 0 spiro atoms. The van der Waals surface area contributed by atoms with Crippen molar-refractivity contribution in [1.29, 1.82) is 0 Å². The van der Waals surface area contributed by atoms with E-state index >= 15 is 0 Å². The molecule has 112 valence electrons. The highest BCUT2D eigenvalue weighted by molar-refractivity contribution is 6.28. The Morgan fingerprint density at radius 2 is 2.14 bits per heavy atom. The van der Waals surface area contributed by atoms with Gasteiger partial charge in [-0.15, -0.1) is 0 Å². The van der Waals surface area contributed by atoms with E-state index < -0.39 is 0 Å². The molecule has 7 nitrogen and oxygen atoms in total. The Labute approximate surface area is 127 Å². The third kappa shape index (κ3) is 3.14. The van der Waals surface area contributed by atoms with Crippen molar-refractivity contribution in [2.24, 2.45) is 0 Å². The summed E-state index contributed by atoms with van der Waals surface area (Å²) < 4.78 is 1.57. The van der Waals surface area contributed by atoms with Gasteiger partial charge in [0.1, 0.15) is 0 Å². The summed E-state index contributed by atoms with van der Waals surface area (Å²) in [4.78, 5) is 15.0. The summed E-state index contributed by atoms with van der Waals surface area (Å²) in [5, 5.41) is 13.3. The fourth-order valence-electron chi connectivity index (χ4n) is 2.67. The molecule has 0 bridgehead atoms. The molecular weight excluding hydrogens is 292 g/mol. The first kappa shape index (κ1) is 14.2. The quantitative estimate of drug-likeness (QED) is 0.900. The summed E-state index contributed by atoms with van der Waals surface area (Å²) >= 11 is 6.03. The second-order valence-corrected chi connectivity index (χ2v) is 5.35. The second-order valence-electron chi connectivity index (χ2n) is 5.01. The number of hydrogen-bond donors (Lipinski definition) is 1. The summed E-state index contributed by atoms with van der Waals surface area (Å²) in [6.07, 6.45) is 7.32. The largest absolute Gasteiger partial charge is 0.396 e. The maximum atomic E-state index is 9.00. The van der Waals surface area contributed by atoms with Crippen molar-refractivity contribution in [3.8, 4) is 5.95 Å². The highest BCUT2D eigenvalue weighted by atomic mass is 35.5. The van der Waals surface area contributed by atoms with Gasteiger partial charge in [-0.2, -0.15) is 20.1 Å². The van der Waals surface area contributed by atoms with Gasteiger partial charge in [0.2, 0.25) is 11.2 Å². The standard InChI is InChI=1S/C13H17ClN6O/c14-11-16-12(18-13(17-11)20-8-3-6-15-20)19-7-1-4-10(19)5-2-9-21/h3,6,8,10,21H,1-2,4-5,7,9H2. The highest BCUT2D eigenvalue weighted by Gasteiger charge is 2.27. The van der Waals surface area contributed by atoms with Crippen molar-refractivity contribution in [2.75, 3.05) is 18.1 Å². The second kappa shape index (κ2) is 6.36. The molecule has 1 atom stereocenters. The van der Waals surface area contributed by atoms with Gasteiger partial charge in [-0.25, -0.2) is 4.68 Å². The summed E-state index contributed by atoms with van der Waals surface area (Å²) in [7, 11) is 0. The first-order chi connectivity index (χ1) is 10.3. The maximum absolute atomic E-state index is 9.00. The minimum atomic E-state index is 0.165. The number of hydrogen-bond acceptors (Lipinski definition) is 6. The molecule has 1 N–H and O–H groups in total. The minimum Gasteiger partial charge on any atom is -0.396 e. The Balaban J connectivity index is 1.87. The lowest BCUT2D eigenvalue weighted by atomic mass is 10.1. The molecule has 1 aliphatic heterocycles. The molecule has 1 saturated heterocycles. The summed E-state index contributed by atoms with van der Waals surface area (Å²) in [6.45, 7) is 1.11. The minimum absolute atomic E-state index is 0.165. The van der Waals surface area contributed by atoms with Crippen molar-refractivity contribution in [3.63, 3.8) is 0 Å². The molecule has 8 heteroatoms. The zero-order valence-electron chi connectivity index (χ0n) is 11.6. The van der Waals surface area contributed by atoms with Crippen LogP contribution in [0.25, 0.3) is 5.95 Å². The van der Waals surface area contributed by atoms with Crippen LogP contribution in [0.5, 0.6) is 0 Å². The van der Waals surface area contributed by atoms with Crippen LogP contribution in [0.2, 0.25) is 5.28 Å². The number of halogens is 1. The molecule has 1 unspecified atom stereocenters. The molecule has 21 heavy (non-hydrogen) atoms.